The summed E-state index contributed by atoms with van der Waals surface area (Å²) < 4.78 is 25.4. The summed E-state index contributed by atoms with van der Waals surface area (Å²) in [5.74, 6) is -0.352. The van der Waals surface area contributed by atoms with Crippen LogP contribution >= 0.6 is 11.6 Å². The zero-order valence-corrected chi connectivity index (χ0v) is 20.3. The normalized spacial score (nSPS) is 12.0. The van der Waals surface area contributed by atoms with E-state index in [1.807, 2.05) is 45.3 Å². The first-order valence-electron chi connectivity index (χ1n) is 10.3. The molecule has 0 unspecified atom stereocenters. The third kappa shape index (κ3) is 8.25. The zero-order chi connectivity index (χ0) is 23.9. The molecular weight excluding hydrogens is 452 g/mol. The van der Waals surface area contributed by atoms with E-state index in [1.54, 1.807) is 0 Å². The maximum Gasteiger partial charge on any atom is 0.273 e. The van der Waals surface area contributed by atoms with Crippen molar-refractivity contribution < 1.29 is 17.7 Å². The number of hydrogen-bond donors (Lipinski definition) is 3. The number of likely N-dealkylation sites (N-methyl/N-ethyl adjacent to an activating group) is 1. The van der Waals surface area contributed by atoms with Gasteiger partial charge in [0.05, 0.1) is 45.2 Å². The van der Waals surface area contributed by atoms with Crippen molar-refractivity contribution in [2.45, 2.75) is 25.5 Å². The molecule has 0 saturated heterocycles. The second-order valence-electron chi connectivity index (χ2n) is 8.56. The summed E-state index contributed by atoms with van der Waals surface area (Å²) >= 11 is 5.81. The van der Waals surface area contributed by atoms with Gasteiger partial charge in [-0.15, -0.1) is 0 Å². The first kappa shape index (κ1) is 25.8. The number of unbranched alkanes of at least 4 members (excludes halogenated alkanes) is 1. The van der Waals surface area contributed by atoms with Gasteiger partial charge in [0.2, 0.25) is 0 Å². The molecule has 1 aromatic carbocycles. The molecule has 0 fully saturated rings. The Labute approximate surface area is 194 Å². The van der Waals surface area contributed by atoms with E-state index in [9.17, 15) is 13.2 Å². The van der Waals surface area contributed by atoms with Crippen molar-refractivity contribution in [3.8, 4) is 0 Å². The van der Waals surface area contributed by atoms with Gasteiger partial charge in [0.15, 0.2) is 32.3 Å². The lowest BCUT2D eigenvalue weighted by Gasteiger charge is -2.30. The zero-order valence-electron chi connectivity index (χ0n) is 18.8. The number of hydrogen-bond acceptors (Lipinski definition) is 7. The molecule has 0 aliphatic carbocycles. The first-order valence-corrected chi connectivity index (χ1v) is 12.5. The molecule has 2 rings (SSSR count). The fraction of sp³-hybridized carbons (Fsp3) is 0.476. The Morgan fingerprint density at radius 3 is 2.38 bits per heavy atom. The average molecular weight is 484 g/mol. The third-order valence-electron chi connectivity index (χ3n) is 5.10. The third-order valence-corrected chi connectivity index (χ3v) is 7.06. The molecule has 2 aromatic rings. The van der Waals surface area contributed by atoms with Crippen LogP contribution in [0.25, 0.3) is 0 Å². The highest BCUT2D eigenvalue weighted by molar-refractivity contribution is 7.90. The molecule has 5 N–H and O–H groups in total. The van der Waals surface area contributed by atoms with Crippen LogP contribution < -0.4 is 16.8 Å². The van der Waals surface area contributed by atoms with Crippen molar-refractivity contribution in [2.24, 2.45) is 0 Å². The number of sulfone groups is 1. The highest BCUT2D eigenvalue weighted by Gasteiger charge is 2.19. The predicted molar refractivity (Wildman–Crippen MR) is 128 cm³/mol. The molecule has 32 heavy (non-hydrogen) atoms. The average Bonchev–Trinajstić information content (AvgIpc) is 2.69. The Bertz CT molecular complexity index is 1040. The van der Waals surface area contributed by atoms with Gasteiger partial charge in [-0.2, -0.15) is 0 Å². The second kappa shape index (κ2) is 10.9. The number of rotatable bonds is 11. The maximum atomic E-state index is 12.4. The minimum Gasteiger partial charge on any atom is -0.382 e. The number of aryl methyl sites for hydroxylation is 1. The van der Waals surface area contributed by atoms with Crippen molar-refractivity contribution >= 4 is 39.0 Å². The lowest BCUT2D eigenvalue weighted by atomic mass is 10.2. The number of halogens is 1. The number of carbonyl (C=O) groups is 1. The number of aromatic nitrogens is 2. The number of nitrogens with zero attached hydrogens (tertiary/aromatic N) is 3. The highest BCUT2D eigenvalue weighted by Crippen LogP contribution is 2.17. The lowest BCUT2D eigenvalue weighted by Crippen LogP contribution is -2.46. The van der Waals surface area contributed by atoms with Crippen molar-refractivity contribution in [1.82, 2.24) is 15.3 Å². The van der Waals surface area contributed by atoms with Crippen LogP contribution in [0.4, 0.5) is 11.6 Å². The summed E-state index contributed by atoms with van der Waals surface area (Å²) in [6.07, 6.45) is 1.36. The summed E-state index contributed by atoms with van der Waals surface area (Å²) in [7, 11) is 0.915. The van der Waals surface area contributed by atoms with Crippen LogP contribution in [0.3, 0.4) is 0 Å². The van der Waals surface area contributed by atoms with Gasteiger partial charge in [-0.1, -0.05) is 41.4 Å². The van der Waals surface area contributed by atoms with Crippen molar-refractivity contribution in [3.05, 3.63) is 46.2 Å². The Balaban J connectivity index is 1.73. The van der Waals surface area contributed by atoms with Crippen LogP contribution in [-0.4, -0.2) is 68.3 Å². The van der Waals surface area contributed by atoms with Crippen molar-refractivity contribution in [1.29, 1.82) is 0 Å². The van der Waals surface area contributed by atoms with Gasteiger partial charge in [-0.25, -0.2) is 18.4 Å². The quantitative estimate of drug-likeness (QED) is 0.327. The molecule has 1 aromatic heterocycles. The van der Waals surface area contributed by atoms with Gasteiger partial charge in [0, 0.05) is 0 Å². The molecular formula is C21H32ClN6O3S+. The second-order valence-corrected chi connectivity index (χ2v) is 11.1. The molecule has 0 aliphatic rings. The standard InChI is InChI=1S/C21H31ClN6O3S/c1-15-6-8-16(9-7-15)14-32(30,31)13-5-4-11-28(2,3)12-10-25-21(29)17-19(23)27-20(24)18(22)26-17/h6-9H,4-5,10-14H2,1-3H3,(H4-,23,24,25,27,29)/p+1. The van der Waals surface area contributed by atoms with E-state index < -0.39 is 15.7 Å². The highest BCUT2D eigenvalue weighted by atomic mass is 35.5. The number of nitrogens with two attached hydrogens (primary N) is 2. The van der Waals surface area contributed by atoms with Gasteiger partial charge in [-0.05, 0) is 25.3 Å². The number of anilines is 2. The monoisotopic (exact) mass is 483 g/mol. The number of benzene rings is 1. The van der Waals surface area contributed by atoms with Crippen LogP contribution in [0.1, 0.15) is 34.5 Å². The van der Waals surface area contributed by atoms with E-state index in [0.717, 1.165) is 24.1 Å². The topological polar surface area (TPSA) is 141 Å². The lowest BCUT2D eigenvalue weighted by molar-refractivity contribution is -0.889. The van der Waals surface area contributed by atoms with Crippen LogP contribution in [-0.2, 0) is 15.6 Å². The van der Waals surface area contributed by atoms with Gasteiger partial charge in [-0.3, -0.25) is 4.79 Å². The van der Waals surface area contributed by atoms with Gasteiger partial charge >= 0.3 is 0 Å². The number of amides is 1. The van der Waals surface area contributed by atoms with E-state index >= 15 is 0 Å². The predicted octanol–water partition coefficient (Wildman–Crippen LogP) is 1.80. The SMILES string of the molecule is Cc1ccc(CS(=O)(=O)CCCC[N+](C)(C)CCNC(=O)c2nc(Cl)c(N)nc2N)cc1. The largest absolute Gasteiger partial charge is 0.382 e. The minimum atomic E-state index is -3.14. The van der Waals surface area contributed by atoms with Crippen LogP contribution in [0.5, 0.6) is 0 Å². The van der Waals surface area contributed by atoms with Crippen LogP contribution in [0.2, 0.25) is 5.15 Å². The van der Waals surface area contributed by atoms with Gasteiger partial charge in [0.25, 0.3) is 5.91 Å². The van der Waals surface area contributed by atoms with E-state index in [0.29, 0.717) is 24.0 Å². The molecule has 9 nitrogen and oxygen atoms in total. The molecule has 1 heterocycles. The minimum absolute atomic E-state index is 0.0283. The number of nitrogen functional groups attached to an aromatic ring is 2. The van der Waals surface area contributed by atoms with Gasteiger partial charge in [0.1, 0.15) is 0 Å². The number of nitrogens with one attached hydrogen (secondary N) is 1. The molecule has 1 amide bonds. The maximum absolute atomic E-state index is 12.4. The summed E-state index contributed by atoms with van der Waals surface area (Å²) in [5.41, 5.74) is 13.1. The summed E-state index contributed by atoms with van der Waals surface area (Å²) in [6, 6.07) is 7.57. The Hall–Kier alpha value is -2.43. The van der Waals surface area contributed by atoms with E-state index in [-0.39, 0.29) is 34.0 Å². The summed E-state index contributed by atoms with van der Waals surface area (Å²) in [4.78, 5) is 20.0. The molecule has 0 aliphatic heterocycles. The Morgan fingerprint density at radius 1 is 1.06 bits per heavy atom. The smallest absolute Gasteiger partial charge is 0.273 e. The molecule has 0 bridgehead atoms. The fourth-order valence-electron chi connectivity index (χ4n) is 3.15. The molecule has 0 spiro atoms. The first-order chi connectivity index (χ1) is 14.9. The van der Waals surface area contributed by atoms with Crippen molar-refractivity contribution in [3.63, 3.8) is 0 Å². The molecule has 0 saturated carbocycles. The number of carbonyl (C=O) groups excluding carboxylic acids is 1. The molecule has 0 radical (unpaired) electrons. The van der Waals surface area contributed by atoms with Crippen LogP contribution in [0.15, 0.2) is 24.3 Å². The van der Waals surface area contributed by atoms with Gasteiger partial charge < -0.3 is 21.3 Å². The summed E-state index contributed by atoms with van der Waals surface area (Å²) in [6.45, 7) is 3.80. The van der Waals surface area contributed by atoms with E-state index in [1.165, 1.54) is 0 Å². The molecule has 0 atom stereocenters. The van der Waals surface area contributed by atoms with E-state index in [2.05, 4.69) is 15.3 Å². The number of quaternary nitrogens is 1. The van der Waals surface area contributed by atoms with Crippen molar-refractivity contribution in [2.75, 3.05) is 50.9 Å². The Kier molecular flexibility index (Phi) is 8.82. The molecule has 11 heteroatoms. The fourth-order valence-corrected chi connectivity index (χ4v) is 4.76. The Morgan fingerprint density at radius 2 is 1.72 bits per heavy atom. The van der Waals surface area contributed by atoms with Crippen LogP contribution in [0, 0.1) is 6.92 Å². The summed E-state index contributed by atoms with van der Waals surface area (Å²) in [5, 5.41) is 2.68. The van der Waals surface area contributed by atoms with E-state index in [4.69, 9.17) is 23.1 Å². The molecule has 176 valence electrons.